The maximum absolute atomic E-state index is 13.0. The molecule has 2 aliphatic heterocycles. The van der Waals surface area contributed by atoms with Crippen molar-refractivity contribution >= 4 is 29.2 Å². The molecule has 10 nitrogen and oxygen atoms in total. The van der Waals surface area contributed by atoms with E-state index in [0.29, 0.717) is 5.03 Å². The Balaban J connectivity index is 2.23. The van der Waals surface area contributed by atoms with Gasteiger partial charge in [0.05, 0.1) is 13.0 Å². The fourth-order valence-electron chi connectivity index (χ4n) is 3.35. The monoisotopic (exact) mass is 494 g/mol. The van der Waals surface area contributed by atoms with E-state index in [1.54, 1.807) is 43.4 Å². The average molecular weight is 495 g/mol. The molecule has 0 saturated carbocycles. The van der Waals surface area contributed by atoms with Crippen molar-refractivity contribution in [2.24, 2.45) is 5.73 Å². The lowest BCUT2D eigenvalue weighted by Gasteiger charge is -2.41. The van der Waals surface area contributed by atoms with Crippen molar-refractivity contribution in [2.75, 3.05) is 6.61 Å². The highest BCUT2D eigenvalue weighted by atomic mass is 35.5. The van der Waals surface area contributed by atoms with Gasteiger partial charge in [0.2, 0.25) is 5.91 Å². The van der Waals surface area contributed by atoms with Gasteiger partial charge in [-0.05, 0) is 19.1 Å². The molecule has 0 bridgehead atoms. The molecule has 2 heterocycles. The second-order valence-electron chi connectivity index (χ2n) is 7.56. The van der Waals surface area contributed by atoms with Crippen molar-refractivity contribution < 1.29 is 39.5 Å². The molecule has 184 valence electrons. The topological polar surface area (TPSA) is 171 Å². The first kappa shape index (κ1) is 27.2. The molecule has 11 heteroatoms. The number of aliphatic hydroxyl groups is 4. The number of nitrogens with two attached hydrogens (primary N) is 1. The van der Waals surface area contributed by atoms with Crippen molar-refractivity contribution in [3.8, 4) is 0 Å². The third-order valence-electron chi connectivity index (χ3n) is 4.98. The highest BCUT2D eigenvalue weighted by Gasteiger charge is 2.53. The molecule has 6 N–H and O–H groups in total. The first-order valence-electron chi connectivity index (χ1n) is 10.3. The quantitative estimate of drug-likeness (QED) is 0.138. The molecule has 0 unspecified atom stereocenters. The maximum atomic E-state index is 13.0. The summed E-state index contributed by atoms with van der Waals surface area (Å²) in [6.45, 7) is 1.32. The Hall–Kier alpha value is -3.02. The molecule has 0 aromatic rings. The summed E-state index contributed by atoms with van der Waals surface area (Å²) in [6.07, 6.45) is 7.37. The van der Waals surface area contributed by atoms with E-state index in [9.17, 15) is 34.8 Å². The Labute approximate surface area is 201 Å². The maximum Gasteiger partial charge on any atom is 0.264 e. The largest absolute Gasteiger partial charge is 0.507 e. The van der Waals surface area contributed by atoms with Gasteiger partial charge in [-0.25, -0.2) is 0 Å². The molecule has 2 fully saturated rings. The van der Waals surface area contributed by atoms with E-state index in [4.69, 9.17) is 22.1 Å². The Morgan fingerprint density at radius 3 is 2.26 bits per heavy atom. The van der Waals surface area contributed by atoms with Crippen LogP contribution in [-0.2, 0) is 19.1 Å². The highest BCUT2D eigenvalue weighted by Crippen LogP contribution is 2.31. The minimum Gasteiger partial charge on any atom is -0.507 e. The Morgan fingerprint density at radius 1 is 1.09 bits per heavy atom. The molecule has 2 aliphatic rings. The summed E-state index contributed by atoms with van der Waals surface area (Å²) in [5, 5.41) is 40.9. The van der Waals surface area contributed by atoms with Crippen LogP contribution in [0.25, 0.3) is 0 Å². The summed E-state index contributed by atoms with van der Waals surface area (Å²) >= 11 is 5.69. The van der Waals surface area contributed by atoms with Crippen LogP contribution in [0.3, 0.4) is 0 Å². The van der Waals surface area contributed by atoms with Crippen LogP contribution < -0.4 is 5.73 Å². The summed E-state index contributed by atoms with van der Waals surface area (Å²) in [5.41, 5.74) is 4.59. The van der Waals surface area contributed by atoms with Gasteiger partial charge in [0.15, 0.2) is 12.0 Å². The van der Waals surface area contributed by atoms with Crippen molar-refractivity contribution in [3.05, 3.63) is 71.0 Å². The van der Waals surface area contributed by atoms with E-state index in [1.807, 2.05) is 0 Å². The third kappa shape index (κ3) is 6.75. The lowest BCUT2D eigenvalue weighted by molar-refractivity contribution is -0.229. The second kappa shape index (κ2) is 12.4. The number of allylic oxidation sites excluding steroid dienone is 10. The van der Waals surface area contributed by atoms with Crippen molar-refractivity contribution in [1.29, 1.82) is 0 Å². The van der Waals surface area contributed by atoms with E-state index >= 15 is 0 Å². The SMILES string of the molecule is C/C(Cl)=C/C=C/C=C/C=C/C=C/C(O)=C1\C(=O)[C@H](CC(N)=O)N([C@H]2OC[C@@H](O)[C@H](O)[C@H]2O)C1=O. The number of ketones is 1. The fraction of sp³-hybridized carbons (Fsp3) is 0.348. The van der Waals surface area contributed by atoms with Crippen LogP contribution in [0, 0.1) is 0 Å². The number of hydrogen-bond acceptors (Lipinski definition) is 8. The van der Waals surface area contributed by atoms with Crippen molar-refractivity contribution in [1.82, 2.24) is 4.90 Å². The first-order valence-corrected chi connectivity index (χ1v) is 10.7. The molecule has 2 saturated heterocycles. The molecule has 0 aliphatic carbocycles. The molecular weight excluding hydrogens is 468 g/mol. The van der Waals surface area contributed by atoms with Gasteiger partial charge >= 0.3 is 0 Å². The number of primary amides is 1. The van der Waals surface area contributed by atoms with Crippen molar-refractivity contribution in [2.45, 2.75) is 43.9 Å². The van der Waals surface area contributed by atoms with Gasteiger partial charge in [-0.2, -0.15) is 0 Å². The number of halogens is 1. The number of nitrogens with zero attached hydrogens (tertiary/aromatic N) is 1. The van der Waals surface area contributed by atoms with E-state index in [-0.39, 0.29) is 0 Å². The number of likely N-dealkylation sites (tertiary alicyclic amines) is 1. The van der Waals surface area contributed by atoms with Crippen LogP contribution in [0.1, 0.15) is 13.3 Å². The number of rotatable bonds is 8. The highest BCUT2D eigenvalue weighted by molar-refractivity contribution is 6.29. The van der Waals surface area contributed by atoms with Gasteiger partial charge in [-0.3, -0.25) is 19.3 Å². The number of amides is 2. The van der Waals surface area contributed by atoms with Gasteiger partial charge in [0.25, 0.3) is 5.91 Å². The second-order valence-corrected chi connectivity index (χ2v) is 8.16. The van der Waals surface area contributed by atoms with Crippen LogP contribution in [-0.4, -0.2) is 80.1 Å². The zero-order valence-electron chi connectivity index (χ0n) is 18.3. The number of aliphatic hydroxyl groups excluding tert-OH is 4. The molecule has 0 radical (unpaired) electrons. The van der Waals surface area contributed by atoms with Crippen LogP contribution >= 0.6 is 11.6 Å². The van der Waals surface area contributed by atoms with Gasteiger partial charge < -0.3 is 30.9 Å². The molecular formula is C23H27ClN2O8. The van der Waals surface area contributed by atoms with E-state index < -0.39 is 72.5 Å². The van der Waals surface area contributed by atoms with Crippen LogP contribution in [0.15, 0.2) is 71.0 Å². The molecule has 2 rings (SSSR count). The fourth-order valence-corrected chi connectivity index (χ4v) is 3.43. The zero-order chi connectivity index (χ0) is 25.4. The van der Waals surface area contributed by atoms with E-state index in [2.05, 4.69) is 0 Å². The van der Waals surface area contributed by atoms with Crippen LogP contribution in [0.5, 0.6) is 0 Å². The van der Waals surface area contributed by atoms with E-state index in [0.717, 1.165) is 11.0 Å². The third-order valence-corrected chi connectivity index (χ3v) is 5.10. The van der Waals surface area contributed by atoms with Gasteiger partial charge in [-0.1, -0.05) is 54.1 Å². The standard InChI is InChI=1S/C23H27ClN2O8/c1-13(24)9-7-5-3-2-4-6-8-10-15(27)18-19(30)14(11-17(25)29)26(22(18)33)23-21(32)20(31)16(28)12-34-23/h2-10,14,16,20-21,23,27-28,31-32H,11-12H2,1H3,(H2,25,29)/b3-2+,6-4+,7-5+,10-8+,13-9-,18-15-/t14-,16+,20-,21+,23-/m0/s1. The molecule has 0 spiro atoms. The van der Waals surface area contributed by atoms with Gasteiger partial charge in [0.1, 0.15) is 35.7 Å². The lowest BCUT2D eigenvalue weighted by atomic mass is 10.0. The molecule has 0 aromatic carbocycles. The predicted octanol–water partition coefficient (Wildman–Crippen LogP) is 0.260. The molecule has 34 heavy (non-hydrogen) atoms. The average Bonchev–Trinajstić information content (AvgIpc) is 2.99. The van der Waals surface area contributed by atoms with Crippen LogP contribution in [0.2, 0.25) is 0 Å². The molecule has 0 aromatic heterocycles. The summed E-state index contributed by atoms with van der Waals surface area (Å²) < 4.78 is 5.27. The first-order chi connectivity index (χ1) is 16.1. The molecule has 5 atom stereocenters. The number of hydrogen-bond donors (Lipinski definition) is 5. The summed E-state index contributed by atoms with van der Waals surface area (Å²) in [4.78, 5) is 38.1. The smallest absolute Gasteiger partial charge is 0.264 e. The van der Waals surface area contributed by atoms with Crippen LogP contribution in [0.4, 0.5) is 0 Å². The van der Waals surface area contributed by atoms with Gasteiger partial charge in [0, 0.05) is 5.03 Å². The van der Waals surface area contributed by atoms with Gasteiger partial charge in [-0.15, -0.1) is 0 Å². The predicted molar refractivity (Wildman–Crippen MR) is 123 cm³/mol. The Morgan fingerprint density at radius 2 is 1.68 bits per heavy atom. The zero-order valence-corrected chi connectivity index (χ0v) is 19.1. The lowest BCUT2D eigenvalue weighted by Crippen LogP contribution is -2.61. The number of carbonyl (C=O) groups is 3. The number of ether oxygens (including phenoxy) is 1. The Kier molecular flexibility index (Phi) is 9.97. The number of Topliss-reactive ketones (excluding diaryl/α,β-unsaturated/α-hetero) is 1. The normalized spacial score (nSPS) is 30.6. The summed E-state index contributed by atoms with van der Waals surface area (Å²) in [7, 11) is 0. The van der Waals surface area contributed by atoms with E-state index in [1.165, 1.54) is 12.2 Å². The Bertz CT molecular complexity index is 977. The summed E-state index contributed by atoms with van der Waals surface area (Å²) in [5.74, 6) is -3.46. The van der Waals surface area contributed by atoms with Crippen molar-refractivity contribution in [3.63, 3.8) is 0 Å². The molecule has 2 amide bonds. The minimum atomic E-state index is -1.76. The number of carbonyl (C=O) groups excluding carboxylic acids is 3. The summed E-state index contributed by atoms with van der Waals surface area (Å²) in [6, 6.07) is -1.45. The minimum absolute atomic E-state index is 0.426.